The van der Waals surface area contributed by atoms with Crippen molar-refractivity contribution in [1.82, 2.24) is 0 Å². The summed E-state index contributed by atoms with van der Waals surface area (Å²) in [4.78, 5) is 24.2. The minimum Gasteiger partial charge on any atom is -0.479 e. The molecule has 4 N–H and O–H groups in total. The second-order valence-electron chi connectivity index (χ2n) is 7.09. The van der Waals surface area contributed by atoms with Crippen molar-refractivity contribution < 1.29 is 46.3 Å². The van der Waals surface area contributed by atoms with E-state index in [0.717, 1.165) is 5.56 Å². The molecule has 0 radical (unpaired) electrons. The Morgan fingerprint density at radius 3 is 2.36 bits per heavy atom. The second kappa shape index (κ2) is 9.47. The van der Waals surface area contributed by atoms with E-state index in [2.05, 4.69) is 0 Å². The lowest BCUT2D eigenvalue weighted by atomic mass is 9.94. The van der Waals surface area contributed by atoms with Gasteiger partial charge in [-0.2, -0.15) is 0 Å². The molecule has 1 aromatic carbocycles. The molecule has 0 amide bonds. The number of carboxylic acids is 1. The monoisotopic (exact) mass is 401 g/mol. The maximum Gasteiger partial charge on any atom is 0.335 e. The van der Waals surface area contributed by atoms with Crippen LogP contribution in [0.2, 0.25) is 0 Å². The zero-order valence-corrected chi connectivity index (χ0v) is 15.5. The molecule has 1 aliphatic heterocycles. The molecule has 0 saturated carbocycles. The van der Waals surface area contributed by atoms with Crippen LogP contribution in [0.3, 0.4) is 0 Å². The van der Waals surface area contributed by atoms with Gasteiger partial charge in [-0.1, -0.05) is 45.0 Å². The second-order valence-corrected chi connectivity index (χ2v) is 7.09. The number of aliphatic hydroxyl groups excluding tert-OH is 3. The van der Waals surface area contributed by atoms with Gasteiger partial charge in [0.25, 0.3) is 0 Å². The fourth-order valence-electron chi connectivity index (χ4n) is 2.93. The van der Waals surface area contributed by atoms with Gasteiger partial charge in [0.05, 0.1) is 5.92 Å². The standard InChI is InChI=1S/C20H28O8/c1-4-13(12-7-5-11(6-8-12)9-10(2)3)19(26)28-20-16(23)14(21)15(22)17(27-20)18(24)25/h5-8,10,13-17,20-23H,4,9H2,1-3H3,(H,24,25)/t13?,14-,15-,16?,17?,20-/m0/s1/i1D3,4D2. The third-order valence-corrected chi connectivity index (χ3v) is 4.38. The van der Waals surface area contributed by atoms with E-state index < -0.39 is 61.8 Å². The van der Waals surface area contributed by atoms with Crippen molar-refractivity contribution in [3.63, 3.8) is 0 Å². The van der Waals surface area contributed by atoms with Crippen LogP contribution in [0.15, 0.2) is 24.3 Å². The predicted octanol–water partition coefficient (Wildman–Crippen LogP) is 0.814. The van der Waals surface area contributed by atoms with Gasteiger partial charge >= 0.3 is 11.9 Å². The molecule has 1 fully saturated rings. The molecule has 0 bridgehead atoms. The summed E-state index contributed by atoms with van der Waals surface area (Å²) >= 11 is 0. The summed E-state index contributed by atoms with van der Waals surface area (Å²) in [6.45, 7) is 0.734. The van der Waals surface area contributed by atoms with Gasteiger partial charge in [-0.3, -0.25) is 4.79 Å². The average Bonchev–Trinajstić information content (AvgIpc) is 2.68. The molecule has 1 aliphatic rings. The molecule has 8 heteroatoms. The minimum absolute atomic E-state index is 0.0192. The number of carbonyl (C=O) groups is 2. The number of esters is 1. The van der Waals surface area contributed by atoms with Crippen LogP contribution in [-0.2, 0) is 25.5 Å². The first-order valence-corrected chi connectivity index (χ1v) is 8.79. The van der Waals surface area contributed by atoms with Crippen molar-refractivity contribution in [1.29, 1.82) is 0 Å². The highest BCUT2D eigenvalue weighted by Gasteiger charge is 2.48. The third kappa shape index (κ3) is 5.08. The lowest BCUT2D eigenvalue weighted by molar-refractivity contribution is -0.286. The molecule has 1 aromatic rings. The molecule has 6 atom stereocenters. The number of benzene rings is 1. The highest BCUT2D eigenvalue weighted by atomic mass is 16.7. The van der Waals surface area contributed by atoms with Crippen molar-refractivity contribution in [3.05, 3.63) is 35.4 Å². The van der Waals surface area contributed by atoms with Gasteiger partial charge in [-0.15, -0.1) is 0 Å². The molecule has 3 unspecified atom stereocenters. The Hall–Kier alpha value is -2.00. The maximum absolute atomic E-state index is 13.0. The highest BCUT2D eigenvalue weighted by molar-refractivity contribution is 5.78. The summed E-state index contributed by atoms with van der Waals surface area (Å²) < 4.78 is 48.8. The number of hydrogen-bond donors (Lipinski definition) is 4. The Morgan fingerprint density at radius 1 is 1.18 bits per heavy atom. The lowest BCUT2D eigenvalue weighted by Gasteiger charge is -2.38. The van der Waals surface area contributed by atoms with E-state index in [0.29, 0.717) is 12.3 Å². The minimum atomic E-state index is -3.25. The van der Waals surface area contributed by atoms with Crippen molar-refractivity contribution in [2.24, 2.45) is 5.92 Å². The number of aliphatic carboxylic acids is 1. The first-order valence-electron chi connectivity index (χ1n) is 11.3. The van der Waals surface area contributed by atoms with Gasteiger partial charge in [0.2, 0.25) is 6.29 Å². The fourth-order valence-corrected chi connectivity index (χ4v) is 2.93. The summed E-state index contributed by atoms with van der Waals surface area (Å²) in [5.41, 5.74) is 0.858. The summed E-state index contributed by atoms with van der Waals surface area (Å²) in [5, 5.41) is 38.9. The maximum atomic E-state index is 13.0. The average molecular weight is 401 g/mol. The molecule has 156 valence electrons. The van der Waals surface area contributed by atoms with E-state index in [1.165, 1.54) is 12.1 Å². The summed E-state index contributed by atoms with van der Waals surface area (Å²) in [5.74, 6) is -4.84. The van der Waals surface area contributed by atoms with Gasteiger partial charge in [0.15, 0.2) is 6.10 Å². The molecular formula is C20H28O8. The molecule has 0 spiro atoms. The van der Waals surface area contributed by atoms with E-state index in [1.54, 1.807) is 12.1 Å². The van der Waals surface area contributed by atoms with Crippen molar-refractivity contribution in [2.75, 3.05) is 0 Å². The molecule has 1 saturated heterocycles. The topological polar surface area (TPSA) is 134 Å². The van der Waals surface area contributed by atoms with Gasteiger partial charge in [0.1, 0.15) is 18.3 Å². The molecule has 0 aliphatic carbocycles. The Balaban J connectivity index is 2.39. The third-order valence-electron chi connectivity index (χ3n) is 4.38. The first-order chi connectivity index (χ1) is 15.1. The highest BCUT2D eigenvalue weighted by Crippen LogP contribution is 2.27. The van der Waals surface area contributed by atoms with Crippen molar-refractivity contribution in [3.8, 4) is 0 Å². The number of hydrogen-bond acceptors (Lipinski definition) is 7. The fraction of sp³-hybridized carbons (Fsp3) is 0.600. The number of ether oxygens (including phenoxy) is 2. The Bertz CT molecular complexity index is 842. The van der Waals surface area contributed by atoms with Crippen LogP contribution in [0.25, 0.3) is 0 Å². The van der Waals surface area contributed by atoms with Crippen LogP contribution in [-0.4, -0.2) is 63.1 Å². The summed E-state index contributed by atoms with van der Waals surface area (Å²) in [6, 6.07) is 6.03. The van der Waals surface area contributed by atoms with E-state index in [9.17, 15) is 24.9 Å². The molecule has 2 rings (SSSR count). The van der Waals surface area contributed by atoms with Gasteiger partial charge in [0, 0.05) is 6.85 Å². The largest absolute Gasteiger partial charge is 0.479 e. The van der Waals surface area contributed by atoms with E-state index in [4.69, 9.17) is 21.4 Å². The van der Waals surface area contributed by atoms with E-state index >= 15 is 0 Å². The summed E-state index contributed by atoms with van der Waals surface area (Å²) in [7, 11) is 0. The Morgan fingerprint density at radius 2 is 1.82 bits per heavy atom. The van der Waals surface area contributed by atoms with Crippen LogP contribution in [0.5, 0.6) is 0 Å². The molecule has 8 nitrogen and oxygen atoms in total. The van der Waals surface area contributed by atoms with Gasteiger partial charge in [-0.25, -0.2) is 4.79 Å². The number of carboxylic acid groups (broad SMARTS) is 1. The smallest absolute Gasteiger partial charge is 0.335 e. The number of rotatable bonds is 7. The van der Waals surface area contributed by atoms with Gasteiger partial charge < -0.3 is 29.9 Å². The zero-order chi connectivity index (χ0) is 25.3. The van der Waals surface area contributed by atoms with Crippen LogP contribution in [0, 0.1) is 5.92 Å². The van der Waals surface area contributed by atoms with Gasteiger partial charge in [-0.05, 0) is 29.8 Å². The normalized spacial score (nSPS) is 32.4. The van der Waals surface area contributed by atoms with Crippen molar-refractivity contribution >= 4 is 11.9 Å². The van der Waals surface area contributed by atoms with Crippen molar-refractivity contribution in [2.45, 2.75) is 70.1 Å². The Labute approximate surface area is 170 Å². The molecular weight excluding hydrogens is 368 g/mol. The Kier molecular flexibility index (Phi) is 5.37. The molecule has 1 heterocycles. The van der Waals surface area contributed by atoms with Crippen LogP contribution in [0.4, 0.5) is 0 Å². The van der Waals surface area contributed by atoms with Crippen LogP contribution < -0.4 is 0 Å². The quantitative estimate of drug-likeness (QED) is 0.493. The molecule has 0 aromatic heterocycles. The summed E-state index contributed by atoms with van der Waals surface area (Å²) in [6.07, 6.45) is -12.7. The zero-order valence-electron chi connectivity index (χ0n) is 20.5. The predicted molar refractivity (Wildman–Crippen MR) is 98.4 cm³/mol. The SMILES string of the molecule is [2H]C([2H])([2H])C([2H])([2H])C(C(=O)O[C@@H]1OC(C(=O)O)[C@@H](O)[C@H](O)C1O)c1ccc(CC(C)C)cc1. The lowest BCUT2D eigenvalue weighted by Crippen LogP contribution is -2.60. The van der Waals surface area contributed by atoms with Crippen LogP contribution >= 0.6 is 0 Å². The number of carbonyl (C=O) groups excluding carboxylic acids is 1. The van der Waals surface area contributed by atoms with E-state index in [1.807, 2.05) is 13.8 Å². The first kappa shape index (κ1) is 15.9. The van der Waals surface area contributed by atoms with Crippen LogP contribution in [0.1, 0.15) is 51.0 Å². The van der Waals surface area contributed by atoms with E-state index in [-0.39, 0.29) is 5.56 Å². The number of aliphatic hydroxyl groups is 3. The molecule has 28 heavy (non-hydrogen) atoms.